The first-order valence-corrected chi connectivity index (χ1v) is 12.3. The summed E-state index contributed by atoms with van der Waals surface area (Å²) in [5.41, 5.74) is 1.76. The Labute approximate surface area is 178 Å². The van der Waals surface area contributed by atoms with Gasteiger partial charge < -0.3 is 4.90 Å². The number of hydrogen-bond acceptors (Lipinski definition) is 5. The molecule has 0 saturated carbocycles. The van der Waals surface area contributed by atoms with Gasteiger partial charge in [0.1, 0.15) is 0 Å². The van der Waals surface area contributed by atoms with Gasteiger partial charge in [-0.25, -0.2) is 4.98 Å². The van der Waals surface area contributed by atoms with Gasteiger partial charge in [0.2, 0.25) is 0 Å². The molecule has 0 aliphatic carbocycles. The van der Waals surface area contributed by atoms with Gasteiger partial charge in [0.25, 0.3) is 5.91 Å². The highest BCUT2D eigenvalue weighted by Crippen LogP contribution is 2.24. The Balaban J connectivity index is 1.53. The van der Waals surface area contributed by atoms with Crippen LogP contribution in [0, 0.1) is 0 Å². The lowest BCUT2D eigenvalue weighted by atomic mass is 10.1. The van der Waals surface area contributed by atoms with Crippen molar-refractivity contribution >= 4 is 22.2 Å². The molecular weight excluding hydrogens is 382 g/mol. The molecule has 160 valence electrons. The van der Waals surface area contributed by atoms with Crippen LogP contribution in [0.3, 0.4) is 0 Å². The number of amides is 1. The number of nitrogens with zero attached hydrogens (tertiary/aromatic N) is 5. The number of imidazole rings is 1. The summed E-state index contributed by atoms with van der Waals surface area (Å²) in [5, 5.41) is 2.07. The van der Waals surface area contributed by atoms with Crippen molar-refractivity contribution in [3.63, 3.8) is 0 Å². The van der Waals surface area contributed by atoms with Gasteiger partial charge in [-0.15, -0.1) is 11.3 Å². The number of likely N-dealkylation sites (N-methyl/N-ethyl adjacent to an activating group) is 1. The molecule has 0 spiro atoms. The lowest BCUT2D eigenvalue weighted by Crippen LogP contribution is -2.37. The molecule has 0 aromatic carbocycles. The highest BCUT2D eigenvalue weighted by atomic mass is 32.1. The molecule has 2 aromatic rings. The second-order valence-electron chi connectivity index (χ2n) is 8.42. The van der Waals surface area contributed by atoms with E-state index < -0.39 is 0 Å². The lowest BCUT2D eigenvalue weighted by molar-refractivity contribution is 0.0734. The van der Waals surface area contributed by atoms with Crippen LogP contribution in [-0.4, -0.2) is 75.3 Å². The number of carbonyl (C=O) groups is 1. The minimum absolute atomic E-state index is 0.136. The number of hydrogen-bond donors (Lipinski definition) is 0. The van der Waals surface area contributed by atoms with E-state index in [-0.39, 0.29) is 5.91 Å². The molecule has 2 aliphatic rings. The molecule has 4 heterocycles. The minimum Gasteiger partial charge on any atom is -0.337 e. The molecule has 6 nitrogen and oxygen atoms in total. The predicted octanol–water partition coefficient (Wildman–Crippen LogP) is 3.72. The van der Waals surface area contributed by atoms with Gasteiger partial charge in [0.05, 0.1) is 5.69 Å². The Bertz CT molecular complexity index is 803. The number of aromatic nitrogens is 2. The van der Waals surface area contributed by atoms with Gasteiger partial charge in [-0.1, -0.05) is 33.1 Å². The van der Waals surface area contributed by atoms with Crippen molar-refractivity contribution in [2.75, 3.05) is 39.3 Å². The molecular formula is C22H35N5OS. The molecule has 1 amide bonds. The van der Waals surface area contributed by atoms with Crippen LogP contribution in [0.25, 0.3) is 4.96 Å². The highest BCUT2D eigenvalue weighted by Gasteiger charge is 2.30. The molecule has 1 atom stereocenters. The number of thiazole rings is 1. The average Bonchev–Trinajstić information content (AvgIpc) is 3.40. The highest BCUT2D eigenvalue weighted by molar-refractivity contribution is 7.15. The summed E-state index contributed by atoms with van der Waals surface area (Å²) in [4.78, 5) is 26.3. The maximum Gasteiger partial charge on any atom is 0.274 e. The Morgan fingerprint density at radius 3 is 2.59 bits per heavy atom. The Kier molecular flexibility index (Phi) is 6.88. The number of fused-ring (bicyclic) bond motifs is 1. The zero-order valence-corrected chi connectivity index (χ0v) is 18.8. The molecule has 2 aromatic heterocycles. The van der Waals surface area contributed by atoms with Gasteiger partial charge in [-0.3, -0.25) is 19.0 Å². The van der Waals surface area contributed by atoms with E-state index in [1.165, 1.54) is 25.7 Å². The molecule has 0 radical (unpaired) electrons. The molecule has 2 saturated heterocycles. The predicted molar refractivity (Wildman–Crippen MR) is 119 cm³/mol. The normalized spacial score (nSPS) is 21.8. The second-order valence-corrected chi connectivity index (χ2v) is 9.29. The van der Waals surface area contributed by atoms with Crippen LogP contribution >= 0.6 is 11.3 Å². The Hall–Kier alpha value is -1.44. The van der Waals surface area contributed by atoms with Crippen LogP contribution in [0.5, 0.6) is 0 Å². The summed E-state index contributed by atoms with van der Waals surface area (Å²) < 4.78 is 2.15. The standard InChI is InChI=1S/C22H35N5OS/c1-3-25(4-2)18-10-13-24(16-18)17-19-20(23-22-27(19)14-15-29-22)21(28)26-11-8-6-5-7-9-12-26/h14-15,18H,3-13,16-17H2,1-2H3. The largest absolute Gasteiger partial charge is 0.337 e. The van der Waals surface area contributed by atoms with Gasteiger partial charge in [-0.05, 0) is 32.4 Å². The van der Waals surface area contributed by atoms with Crippen molar-refractivity contribution in [3.8, 4) is 0 Å². The van der Waals surface area contributed by atoms with Crippen molar-refractivity contribution in [1.29, 1.82) is 0 Å². The molecule has 7 heteroatoms. The fourth-order valence-corrected chi connectivity index (χ4v) is 5.69. The zero-order chi connectivity index (χ0) is 20.2. The fourth-order valence-electron chi connectivity index (χ4n) is 4.96. The third kappa shape index (κ3) is 4.52. The summed E-state index contributed by atoms with van der Waals surface area (Å²) in [6.07, 6.45) is 9.27. The first-order valence-electron chi connectivity index (χ1n) is 11.4. The second kappa shape index (κ2) is 9.58. The van der Waals surface area contributed by atoms with Crippen molar-refractivity contribution in [3.05, 3.63) is 23.0 Å². The number of carbonyl (C=O) groups excluding carboxylic acids is 1. The van der Waals surface area contributed by atoms with Crippen LogP contribution in [0.2, 0.25) is 0 Å². The first kappa shape index (κ1) is 20.8. The van der Waals surface area contributed by atoms with E-state index in [0.29, 0.717) is 11.7 Å². The summed E-state index contributed by atoms with van der Waals surface area (Å²) in [5.74, 6) is 0.136. The third-order valence-corrected chi connectivity index (χ3v) is 7.41. The number of rotatable bonds is 6. The quantitative estimate of drug-likeness (QED) is 0.719. The zero-order valence-electron chi connectivity index (χ0n) is 18.0. The first-order chi connectivity index (χ1) is 14.2. The van der Waals surface area contributed by atoms with E-state index in [0.717, 1.165) is 69.3 Å². The van der Waals surface area contributed by atoms with Crippen molar-refractivity contribution in [1.82, 2.24) is 24.1 Å². The fraction of sp³-hybridized carbons (Fsp3) is 0.727. The number of likely N-dealkylation sites (tertiary alicyclic amines) is 2. The van der Waals surface area contributed by atoms with E-state index in [9.17, 15) is 4.79 Å². The Morgan fingerprint density at radius 2 is 1.86 bits per heavy atom. The van der Waals surface area contributed by atoms with Gasteiger partial charge >= 0.3 is 0 Å². The Morgan fingerprint density at radius 1 is 1.14 bits per heavy atom. The summed E-state index contributed by atoms with van der Waals surface area (Å²) in [7, 11) is 0. The molecule has 2 fully saturated rings. The van der Waals surface area contributed by atoms with E-state index in [4.69, 9.17) is 4.98 Å². The van der Waals surface area contributed by atoms with Gasteiger partial charge in [-0.2, -0.15) is 0 Å². The molecule has 2 aliphatic heterocycles. The third-order valence-electron chi connectivity index (χ3n) is 6.66. The SMILES string of the molecule is CCN(CC)C1CCN(Cc2c(C(=O)N3CCCCCCC3)nc3sccn23)C1. The van der Waals surface area contributed by atoms with Crippen LogP contribution < -0.4 is 0 Å². The molecule has 0 N–H and O–H groups in total. The maximum atomic E-state index is 13.4. The maximum absolute atomic E-state index is 13.4. The van der Waals surface area contributed by atoms with Gasteiger partial charge in [0.15, 0.2) is 10.7 Å². The topological polar surface area (TPSA) is 44.1 Å². The van der Waals surface area contributed by atoms with Crippen LogP contribution in [0.15, 0.2) is 11.6 Å². The molecule has 29 heavy (non-hydrogen) atoms. The smallest absolute Gasteiger partial charge is 0.274 e. The van der Waals surface area contributed by atoms with E-state index >= 15 is 0 Å². The molecule has 1 unspecified atom stereocenters. The van der Waals surface area contributed by atoms with Crippen LogP contribution in [0.1, 0.15) is 68.6 Å². The van der Waals surface area contributed by atoms with E-state index in [1.807, 2.05) is 0 Å². The molecule has 0 bridgehead atoms. The van der Waals surface area contributed by atoms with E-state index in [1.54, 1.807) is 11.3 Å². The monoisotopic (exact) mass is 417 g/mol. The summed E-state index contributed by atoms with van der Waals surface area (Å²) >= 11 is 1.62. The minimum atomic E-state index is 0.136. The lowest BCUT2D eigenvalue weighted by Gasteiger charge is -2.26. The average molecular weight is 418 g/mol. The molecule has 4 rings (SSSR count). The van der Waals surface area contributed by atoms with E-state index in [2.05, 4.69) is 44.5 Å². The van der Waals surface area contributed by atoms with Crippen molar-refractivity contribution in [2.45, 2.75) is 65.0 Å². The summed E-state index contributed by atoms with van der Waals surface area (Å²) in [6, 6.07) is 0.629. The van der Waals surface area contributed by atoms with Crippen molar-refractivity contribution in [2.24, 2.45) is 0 Å². The van der Waals surface area contributed by atoms with Crippen LogP contribution in [-0.2, 0) is 6.54 Å². The van der Waals surface area contributed by atoms with Crippen LogP contribution in [0.4, 0.5) is 0 Å². The van der Waals surface area contributed by atoms with Crippen molar-refractivity contribution < 1.29 is 4.79 Å². The summed E-state index contributed by atoms with van der Waals surface area (Å²) in [6.45, 7) is 11.4. The van der Waals surface area contributed by atoms with Gasteiger partial charge in [0, 0.05) is 50.3 Å².